The highest BCUT2D eigenvalue weighted by molar-refractivity contribution is 7.91. The van der Waals surface area contributed by atoms with Crippen LogP contribution < -0.4 is 10.2 Å². The molecule has 7 nitrogen and oxygen atoms in total. The maximum Gasteiger partial charge on any atom is 0.271 e. The lowest BCUT2D eigenvalue weighted by Crippen LogP contribution is -2.33. The molecule has 0 aromatic carbocycles. The number of carbonyl (C=O) groups is 1. The first-order valence-corrected chi connectivity index (χ1v) is 8.78. The van der Waals surface area contributed by atoms with Gasteiger partial charge in [0.15, 0.2) is 9.84 Å². The van der Waals surface area contributed by atoms with Gasteiger partial charge < -0.3 is 10.2 Å². The number of sulfone groups is 1. The van der Waals surface area contributed by atoms with Gasteiger partial charge in [-0.05, 0) is 12.8 Å². The largest absolute Gasteiger partial charge is 0.354 e. The van der Waals surface area contributed by atoms with Crippen molar-refractivity contribution in [2.24, 2.45) is 0 Å². The van der Waals surface area contributed by atoms with Crippen LogP contribution in [-0.2, 0) is 9.84 Å². The first kappa shape index (κ1) is 15.7. The summed E-state index contributed by atoms with van der Waals surface area (Å²) in [5.41, 5.74) is 0.264. The van der Waals surface area contributed by atoms with E-state index < -0.39 is 9.84 Å². The first-order valence-electron chi connectivity index (χ1n) is 6.96. The van der Waals surface area contributed by atoms with Crippen molar-refractivity contribution >= 4 is 21.6 Å². The second kappa shape index (κ2) is 6.38. The van der Waals surface area contributed by atoms with E-state index in [1.54, 1.807) is 7.05 Å². The van der Waals surface area contributed by atoms with Gasteiger partial charge in [-0.15, -0.1) is 0 Å². The Balaban J connectivity index is 2.03. The number of hydrogen-bond acceptors (Lipinski definition) is 6. The van der Waals surface area contributed by atoms with Crippen LogP contribution in [0.4, 0.5) is 5.82 Å². The number of carbonyl (C=O) groups excluding carboxylic acids is 1. The van der Waals surface area contributed by atoms with E-state index in [-0.39, 0.29) is 29.1 Å². The number of nitrogens with one attached hydrogen (secondary N) is 1. The van der Waals surface area contributed by atoms with Gasteiger partial charge in [0.25, 0.3) is 5.91 Å². The van der Waals surface area contributed by atoms with Gasteiger partial charge in [-0.1, -0.05) is 6.92 Å². The number of nitrogens with zero attached hydrogens (tertiary/aromatic N) is 3. The molecule has 116 valence electrons. The second-order valence-electron chi connectivity index (χ2n) is 5.18. The molecule has 0 radical (unpaired) electrons. The van der Waals surface area contributed by atoms with Crippen molar-refractivity contribution in [1.29, 1.82) is 0 Å². The van der Waals surface area contributed by atoms with E-state index in [1.165, 1.54) is 12.4 Å². The van der Waals surface area contributed by atoms with Crippen LogP contribution in [0.2, 0.25) is 0 Å². The highest BCUT2D eigenvalue weighted by Gasteiger charge is 2.31. The lowest BCUT2D eigenvalue weighted by atomic mass is 10.2. The number of hydrogen-bond donors (Lipinski definition) is 1. The molecule has 1 N–H and O–H groups in total. The number of amides is 1. The third-order valence-corrected chi connectivity index (χ3v) is 5.27. The van der Waals surface area contributed by atoms with E-state index in [0.717, 1.165) is 6.42 Å². The van der Waals surface area contributed by atoms with E-state index in [0.29, 0.717) is 18.8 Å². The first-order chi connectivity index (χ1) is 9.93. The topological polar surface area (TPSA) is 92.3 Å². The quantitative estimate of drug-likeness (QED) is 0.837. The van der Waals surface area contributed by atoms with E-state index in [9.17, 15) is 13.2 Å². The molecule has 1 aliphatic rings. The predicted octanol–water partition coefficient (Wildman–Crippen LogP) is 0.240. The van der Waals surface area contributed by atoms with Crippen LogP contribution >= 0.6 is 0 Å². The molecule has 1 amide bonds. The van der Waals surface area contributed by atoms with Crippen LogP contribution in [0.1, 0.15) is 30.3 Å². The summed E-state index contributed by atoms with van der Waals surface area (Å²) in [5, 5.41) is 2.73. The summed E-state index contributed by atoms with van der Waals surface area (Å²) in [6, 6.07) is -0.0796. The Kier molecular flexibility index (Phi) is 4.76. The maximum absolute atomic E-state index is 11.7. The molecule has 2 rings (SSSR count). The molecule has 1 aromatic heterocycles. The predicted molar refractivity (Wildman–Crippen MR) is 80.1 cm³/mol. The van der Waals surface area contributed by atoms with Gasteiger partial charge in [-0.25, -0.2) is 18.4 Å². The van der Waals surface area contributed by atoms with Crippen LogP contribution in [0.25, 0.3) is 0 Å². The highest BCUT2D eigenvalue weighted by atomic mass is 32.2. The molecule has 21 heavy (non-hydrogen) atoms. The van der Waals surface area contributed by atoms with Crippen molar-refractivity contribution in [2.75, 3.05) is 30.0 Å². The van der Waals surface area contributed by atoms with Crippen molar-refractivity contribution in [3.63, 3.8) is 0 Å². The van der Waals surface area contributed by atoms with Crippen LogP contribution in [0.3, 0.4) is 0 Å². The molecular weight excluding hydrogens is 292 g/mol. The van der Waals surface area contributed by atoms with Gasteiger partial charge in [0.2, 0.25) is 0 Å². The van der Waals surface area contributed by atoms with Gasteiger partial charge in [0, 0.05) is 19.6 Å². The Labute approximate surface area is 124 Å². The summed E-state index contributed by atoms with van der Waals surface area (Å²) in [7, 11) is -1.14. The number of anilines is 1. The fraction of sp³-hybridized carbons (Fsp3) is 0.615. The maximum atomic E-state index is 11.7. The SMILES string of the molecule is CCCNC(=O)c1cnc(N(C)C2CCS(=O)(=O)C2)cn1. The van der Waals surface area contributed by atoms with E-state index in [4.69, 9.17) is 0 Å². The minimum absolute atomic E-state index is 0.0796. The zero-order valence-corrected chi connectivity index (χ0v) is 13.1. The molecule has 1 aromatic rings. The molecule has 1 atom stereocenters. The third kappa shape index (κ3) is 3.90. The third-order valence-electron chi connectivity index (χ3n) is 3.52. The Morgan fingerprint density at radius 2 is 2.19 bits per heavy atom. The van der Waals surface area contributed by atoms with E-state index in [1.807, 2.05) is 11.8 Å². The fourth-order valence-electron chi connectivity index (χ4n) is 2.22. The van der Waals surface area contributed by atoms with Crippen molar-refractivity contribution in [2.45, 2.75) is 25.8 Å². The van der Waals surface area contributed by atoms with E-state index in [2.05, 4.69) is 15.3 Å². The Morgan fingerprint density at radius 3 is 2.71 bits per heavy atom. The summed E-state index contributed by atoms with van der Waals surface area (Å²) in [6.45, 7) is 2.57. The van der Waals surface area contributed by atoms with Gasteiger partial charge in [-0.2, -0.15) is 0 Å². The molecule has 1 unspecified atom stereocenters. The Morgan fingerprint density at radius 1 is 1.43 bits per heavy atom. The van der Waals surface area contributed by atoms with Crippen LogP contribution in [-0.4, -0.2) is 55.4 Å². The van der Waals surface area contributed by atoms with Crippen LogP contribution in [0.15, 0.2) is 12.4 Å². The summed E-state index contributed by atoms with van der Waals surface area (Å²) in [4.78, 5) is 21.8. The molecule has 0 saturated carbocycles. The van der Waals surface area contributed by atoms with Crippen LogP contribution in [0, 0.1) is 0 Å². The van der Waals surface area contributed by atoms with Crippen molar-refractivity contribution in [3.8, 4) is 0 Å². The highest BCUT2D eigenvalue weighted by Crippen LogP contribution is 2.20. The molecule has 1 fully saturated rings. The monoisotopic (exact) mass is 312 g/mol. The zero-order chi connectivity index (χ0) is 15.5. The smallest absolute Gasteiger partial charge is 0.271 e. The van der Waals surface area contributed by atoms with E-state index >= 15 is 0 Å². The standard InChI is InChI=1S/C13H20N4O3S/c1-3-5-14-13(18)11-7-16-12(8-15-11)17(2)10-4-6-21(19,20)9-10/h7-8,10H,3-6,9H2,1-2H3,(H,14,18). The Bertz CT molecular complexity index is 600. The van der Waals surface area contributed by atoms with Crippen LogP contribution in [0.5, 0.6) is 0 Å². The molecule has 2 heterocycles. The summed E-state index contributed by atoms with van der Waals surface area (Å²) in [5.74, 6) is 0.683. The molecule has 1 aliphatic heterocycles. The lowest BCUT2D eigenvalue weighted by Gasteiger charge is -2.23. The van der Waals surface area contributed by atoms with Crippen molar-refractivity contribution < 1.29 is 13.2 Å². The molecule has 0 aliphatic carbocycles. The number of aromatic nitrogens is 2. The average molecular weight is 312 g/mol. The van der Waals surface area contributed by atoms with Gasteiger partial charge in [0.1, 0.15) is 11.5 Å². The fourth-order valence-corrected chi connectivity index (χ4v) is 3.99. The summed E-state index contributed by atoms with van der Waals surface area (Å²) >= 11 is 0. The summed E-state index contributed by atoms with van der Waals surface area (Å²) in [6.07, 6.45) is 4.38. The minimum Gasteiger partial charge on any atom is -0.354 e. The Hall–Kier alpha value is -1.70. The minimum atomic E-state index is -2.93. The van der Waals surface area contributed by atoms with Gasteiger partial charge in [0.05, 0.1) is 23.9 Å². The molecular formula is C13H20N4O3S. The van der Waals surface area contributed by atoms with Crippen molar-refractivity contribution in [3.05, 3.63) is 18.1 Å². The molecule has 0 spiro atoms. The second-order valence-corrected chi connectivity index (χ2v) is 7.41. The normalized spacial score (nSPS) is 20.2. The van der Waals surface area contributed by atoms with Gasteiger partial charge >= 0.3 is 0 Å². The lowest BCUT2D eigenvalue weighted by molar-refractivity contribution is 0.0948. The molecule has 8 heteroatoms. The molecule has 1 saturated heterocycles. The molecule has 0 bridgehead atoms. The average Bonchev–Trinajstić information content (AvgIpc) is 2.84. The zero-order valence-electron chi connectivity index (χ0n) is 12.2. The van der Waals surface area contributed by atoms with Crippen molar-refractivity contribution in [1.82, 2.24) is 15.3 Å². The van der Waals surface area contributed by atoms with Gasteiger partial charge in [-0.3, -0.25) is 4.79 Å². The number of rotatable bonds is 5. The summed E-state index contributed by atoms with van der Waals surface area (Å²) < 4.78 is 23.0.